The van der Waals surface area contributed by atoms with E-state index in [9.17, 15) is 0 Å². The molecule has 1 heterocycles. The van der Waals surface area contributed by atoms with Gasteiger partial charge in [0, 0.05) is 12.0 Å². The molecule has 2 aromatic carbocycles. The standard InChI is InChI=1S/C18H19NO/c1-19-12-6-10-16-15-8-3-2-7-14(15)13-20-18-11-5-4-9-17(16)18/h2-5,7-11,19H,6,12-13H2,1H3/p+1/b16-10-. The molecule has 0 atom stereocenters. The summed E-state index contributed by atoms with van der Waals surface area (Å²) in [5, 5.41) is 2.21. The molecule has 0 aliphatic carbocycles. The summed E-state index contributed by atoms with van der Waals surface area (Å²) in [4.78, 5) is 0. The summed E-state index contributed by atoms with van der Waals surface area (Å²) in [6, 6.07) is 16.9. The van der Waals surface area contributed by atoms with Gasteiger partial charge in [-0.1, -0.05) is 48.5 Å². The minimum atomic E-state index is 0.643. The maximum atomic E-state index is 5.96. The number of quaternary nitrogens is 1. The molecule has 1 aliphatic rings. The Morgan fingerprint density at radius 1 is 1.05 bits per heavy atom. The largest absolute Gasteiger partial charge is 0.488 e. The average molecular weight is 266 g/mol. The molecule has 0 unspecified atom stereocenters. The van der Waals surface area contributed by atoms with Crippen LogP contribution in [0.2, 0.25) is 0 Å². The van der Waals surface area contributed by atoms with E-state index in [1.807, 2.05) is 6.07 Å². The topological polar surface area (TPSA) is 25.8 Å². The molecule has 0 amide bonds. The smallest absolute Gasteiger partial charge is 0.127 e. The maximum Gasteiger partial charge on any atom is 0.127 e. The van der Waals surface area contributed by atoms with Gasteiger partial charge in [0.25, 0.3) is 0 Å². The van der Waals surface area contributed by atoms with Gasteiger partial charge < -0.3 is 10.1 Å². The summed E-state index contributed by atoms with van der Waals surface area (Å²) in [5.41, 5.74) is 5.06. The van der Waals surface area contributed by atoms with E-state index in [0.29, 0.717) is 6.61 Å². The summed E-state index contributed by atoms with van der Waals surface area (Å²) in [6.07, 6.45) is 3.40. The van der Waals surface area contributed by atoms with Crippen LogP contribution in [-0.4, -0.2) is 13.6 Å². The Hall–Kier alpha value is -2.06. The van der Waals surface area contributed by atoms with Gasteiger partial charge in [-0.3, -0.25) is 0 Å². The van der Waals surface area contributed by atoms with Crippen LogP contribution >= 0.6 is 0 Å². The van der Waals surface area contributed by atoms with Gasteiger partial charge in [-0.05, 0) is 22.8 Å². The number of ether oxygens (including phenoxy) is 1. The molecule has 1 aliphatic heterocycles. The highest BCUT2D eigenvalue weighted by Crippen LogP contribution is 2.36. The van der Waals surface area contributed by atoms with Crippen LogP contribution in [0.1, 0.15) is 23.1 Å². The van der Waals surface area contributed by atoms with Crippen LogP contribution in [0.25, 0.3) is 5.57 Å². The van der Waals surface area contributed by atoms with Gasteiger partial charge in [-0.2, -0.15) is 0 Å². The summed E-state index contributed by atoms with van der Waals surface area (Å²) in [7, 11) is 2.11. The normalized spacial score (nSPS) is 15.2. The van der Waals surface area contributed by atoms with Gasteiger partial charge in [-0.25, -0.2) is 0 Å². The van der Waals surface area contributed by atoms with Crippen LogP contribution in [0.4, 0.5) is 0 Å². The van der Waals surface area contributed by atoms with Crippen molar-refractivity contribution < 1.29 is 10.1 Å². The highest BCUT2D eigenvalue weighted by atomic mass is 16.5. The molecule has 0 aromatic heterocycles. The Balaban J connectivity index is 2.11. The van der Waals surface area contributed by atoms with Gasteiger partial charge >= 0.3 is 0 Å². The lowest BCUT2D eigenvalue weighted by Crippen LogP contribution is -2.79. The molecule has 2 N–H and O–H groups in total. The van der Waals surface area contributed by atoms with Crippen molar-refractivity contribution in [1.82, 2.24) is 0 Å². The number of benzene rings is 2. The Kier molecular flexibility index (Phi) is 3.84. The number of fused-ring (bicyclic) bond motifs is 2. The van der Waals surface area contributed by atoms with E-state index >= 15 is 0 Å². The average Bonchev–Trinajstić information content (AvgIpc) is 2.66. The number of rotatable bonds is 3. The molecule has 0 radical (unpaired) electrons. The molecule has 3 rings (SSSR count). The molecular weight excluding hydrogens is 246 g/mol. The second kappa shape index (κ2) is 5.93. The summed E-state index contributed by atoms with van der Waals surface area (Å²) in [6.45, 7) is 1.75. The first-order valence-corrected chi connectivity index (χ1v) is 7.18. The van der Waals surface area contributed by atoms with Gasteiger partial charge in [0.15, 0.2) is 0 Å². The quantitative estimate of drug-likeness (QED) is 0.849. The SMILES string of the molecule is C[NH2+]CC/C=C1/c2ccccc2COc2ccccc21. The highest BCUT2D eigenvalue weighted by Gasteiger charge is 2.17. The lowest BCUT2D eigenvalue weighted by molar-refractivity contribution is -0.626. The van der Waals surface area contributed by atoms with Crippen LogP contribution in [0.5, 0.6) is 5.75 Å². The third kappa shape index (κ3) is 2.47. The van der Waals surface area contributed by atoms with Crippen molar-refractivity contribution in [2.45, 2.75) is 13.0 Å². The van der Waals surface area contributed by atoms with Crippen molar-refractivity contribution in [3.63, 3.8) is 0 Å². The minimum absolute atomic E-state index is 0.643. The minimum Gasteiger partial charge on any atom is -0.488 e. The first kappa shape index (κ1) is 12.9. The van der Waals surface area contributed by atoms with E-state index in [1.165, 1.54) is 22.3 Å². The molecule has 0 spiro atoms. The van der Waals surface area contributed by atoms with Crippen LogP contribution in [0, 0.1) is 0 Å². The van der Waals surface area contributed by atoms with Crippen molar-refractivity contribution in [3.8, 4) is 5.75 Å². The number of hydrogen-bond donors (Lipinski definition) is 1. The summed E-state index contributed by atoms with van der Waals surface area (Å²) in [5.74, 6) is 0.982. The maximum absolute atomic E-state index is 5.96. The molecule has 0 fully saturated rings. The zero-order valence-electron chi connectivity index (χ0n) is 11.8. The second-order valence-corrected chi connectivity index (χ2v) is 5.05. The molecule has 2 heteroatoms. The zero-order valence-corrected chi connectivity index (χ0v) is 11.8. The highest BCUT2D eigenvalue weighted by molar-refractivity contribution is 5.84. The number of para-hydroxylation sites is 1. The molecule has 20 heavy (non-hydrogen) atoms. The fourth-order valence-electron chi connectivity index (χ4n) is 2.64. The summed E-state index contributed by atoms with van der Waals surface area (Å²) >= 11 is 0. The molecule has 0 bridgehead atoms. The Bertz CT molecular complexity index is 581. The van der Waals surface area contributed by atoms with E-state index < -0.39 is 0 Å². The van der Waals surface area contributed by atoms with Gasteiger partial charge in [0.2, 0.25) is 0 Å². The van der Waals surface area contributed by atoms with Crippen molar-refractivity contribution >= 4 is 5.57 Å². The second-order valence-electron chi connectivity index (χ2n) is 5.05. The lowest BCUT2D eigenvalue weighted by Gasteiger charge is -2.10. The molecule has 102 valence electrons. The number of nitrogens with two attached hydrogens (primary N) is 1. The van der Waals surface area contributed by atoms with E-state index in [4.69, 9.17) is 4.74 Å². The van der Waals surface area contributed by atoms with E-state index in [1.54, 1.807) is 0 Å². The molecule has 0 saturated carbocycles. The lowest BCUT2D eigenvalue weighted by atomic mass is 9.93. The molecule has 2 aromatic rings. The monoisotopic (exact) mass is 266 g/mol. The Morgan fingerprint density at radius 3 is 2.65 bits per heavy atom. The number of hydrogen-bond acceptors (Lipinski definition) is 1. The third-order valence-electron chi connectivity index (χ3n) is 3.67. The van der Waals surface area contributed by atoms with E-state index in [-0.39, 0.29) is 0 Å². The molecule has 0 saturated heterocycles. The van der Waals surface area contributed by atoms with E-state index in [2.05, 4.69) is 60.9 Å². The first-order valence-electron chi connectivity index (χ1n) is 7.18. The van der Waals surface area contributed by atoms with Gasteiger partial charge in [0.05, 0.1) is 13.6 Å². The van der Waals surface area contributed by atoms with Crippen LogP contribution in [-0.2, 0) is 6.61 Å². The van der Waals surface area contributed by atoms with Crippen molar-refractivity contribution in [1.29, 1.82) is 0 Å². The Morgan fingerprint density at radius 2 is 1.80 bits per heavy atom. The third-order valence-corrected chi connectivity index (χ3v) is 3.67. The van der Waals surface area contributed by atoms with Crippen molar-refractivity contribution in [2.24, 2.45) is 0 Å². The first-order chi connectivity index (χ1) is 9.90. The fourth-order valence-corrected chi connectivity index (χ4v) is 2.64. The van der Waals surface area contributed by atoms with Crippen molar-refractivity contribution in [2.75, 3.05) is 13.6 Å². The predicted molar refractivity (Wildman–Crippen MR) is 81.6 cm³/mol. The van der Waals surface area contributed by atoms with Crippen molar-refractivity contribution in [3.05, 3.63) is 71.3 Å². The molecular formula is C18H20NO+. The van der Waals surface area contributed by atoms with Crippen LogP contribution in [0.3, 0.4) is 0 Å². The zero-order chi connectivity index (χ0) is 13.8. The Labute approximate surface area is 120 Å². The predicted octanol–water partition coefficient (Wildman–Crippen LogP) is 2.59. The summed E-state index contributed by atoms with van der Waals surface area (Å²) < 4.78 is 5.96. The molecule has 2 nitrogen and oxygen atoms in total. The van der Waals surface area contributed by atoms with Gasteiger partial charge in [-0.15, -0.1) is 0 Å². The van der Waals surface area contributed by atoms with Gasteiger partial charge in [0.1, 0.15) is 12.4 Å². The van der Waals surface area contributed by atoms with Crippen LogP contribution < -0.4 is 10.1 Å². The van der Waals surface area contributed by atoms with E-state index in [0.717, 1.165) is 18.7 Å². The van der Waals surface area contributed by atoms with Crippen LogP contribution in [0.15, 0.2) is 54.6 Å². The fraction of sp³-hybridized carbons (Fsp3) is 0.222.